The van der Waals surface area contributed by atoms with Crippen molar-refractivity contribution in [1.82, 2.24) is 4.90 Å². The Balaban J connectivity index is 1.78. The lowest BCUT2D eigenvalue weighted by molar-refractivity contribution is -0.126. The van der Waals surface area contributed by atoms with Gasteiger partial charge in [-0.15, -0.1) is 5.10 Å². The first-order valence-electron chi connectivity index (χ1n) is 9.39. The number of benzene rings is 2. The molecule has 0 bridgehead atoms. The van der Waals surface area contributed by atoms with Crippen LogP contribution in [0.25, 0.3) is 0 Å². The van der Waals surface area contributed by atoms with E-state index in [2.05, 4.69) is 17.1 Å². The first kappa shape index (κ1) is 20.1. The maximum atomic E-state index is 12.9. The van der Waals surface area contributed by atoms with E-state index in [1.54, 1.807) is 18.2 Å². The molecule has 1 unspecified atom stereocenters. The van der Waals surface area contributed by atoms with Gasteiger partial charge < -0.3 is 4.74 Å². The minimum atomic E-state index is -0.0865. The number of hydrogen-bond acceptors (Lipinski definition) is 5. The number of thioether (sulfide) groups is 1. The molecule has 2 aromatic rings. The third-order valence-corrected chi connectivity index (χ3v) is 5.73. The first-order chi connectivity index (χ1) is 13.6. The quantitative estimate of drug-likeness (QED) is 0.507. The fourth-order valence-corrected chi connectivity index (χ4v) is 4.10. The number of amides is 1. The average molecular weight is 396 g/mol. The van der Waals surface area contributed by atoms with Gasteiger partial charge in [0.05, 0.1) is 25.1 Å². The molecule has 0 spiro atoms. The van der Waals surface area contributed by atoms with Gasteiger partial charge in [-0.25, -0.2) is 0 Å². The van der Waals surface area contributed by atoms with Crippen molar-refractivity contribution in [3.63, 3.8) is 0 Å². The van der Waals surface area contributed by atoms with Crippen LogP contribution in [0.2, 0.25) is 0 Å². The maximum Gasteiger partial charge on any atom is 0.242 e. The van der Waals surface area contributed by atoms with Gasteiger partial charge >= 0.3 is 0 Å². The highest BCUT2D eigenvalue weighted by atomic mass is 32.2. The first-order valence-corrected chi connectivity index (χ1v) is 10.3. The van der Waals surface area contributed by atoms with E-state index in [9.17, 15) is 4.79 Å². The molecule has 0 aliphatic carbocycles. The lowest BCUT2D eigenvalue weighted by Crippen LogP contribution is -2.31. The van der Waals surface area contributed by atoms with Gasteiger partial charge in [-0.1, -0.05) is 67.1 Å². The highest BCUT2D eigenvalue weighted by Crippen LogP contribution is 2.31. The molecule has 1 fully saturated rings. The summed E-state index contributed by atoms with van der Waals surface area (Å²) in [5.41, 5.74) is 3.21. The zero-order valence-electron chi connectivity index (χ0n) is 16.5. The molecule has 146 valence electrons. The smallest absolute Gasteiger partial charge is 0.242 e. The number of hydrogen-bond donors (Lipinski definition) is 0. The van der Waals surface area contributed by atoms with Crippen LogP contribution in [0.5, 0.6) is 5.75 Å². The number of carbonyl (C=O) groups excluding carboxylic acids is 1. The predicted molar refractivity (Wildman–Crippen MR) is 116 cm³/mol. The third kappa shape index (κ3) is 5.01. The van der Waals surface area contributed by atoms with Gasteiger partial charge in [0.15, 0.2) is 5.17 Å². The van der Waals surface area contributed by atoms with E-state index < -0.39 is 0 Å². The third-order valence-electron chi connectivity index (χ3n) is 4.50. The van der Waals surface area contributed by atoms with Crippen LogP contribution in [-0.4, -0.2) is 34.5 Å². The number of rotatable bonds is 7. The van der Waals surface area contributed by atoms with Gasteiger partial charge in [0.2, 0.25) is 5.91 Å². The van der Waals surface area contributed by atoms with E-state index in [-0.39, 0.29) is 11.2 Å². The van der Waals surface area contributed by atoms with Crippen molar-refractivity contribution in [1.29, 1.82) is 0 Å². The molecule has 1 aliphatic rings. The van der Waals surface area contributed by atoms with Crippen molar-refractivity contribution >= 4 is 29.1 Å². The van der Waals surface area contributed by atoms with Gasteiger partial charge in [0, 0.05) is 0 Å². The molecule has 5 nitrogen and oxygen atoms in total. The molecule has 6 heteroatoms. The molecule has 1 aliphatic heterocycles. The Hall–Kier alpha value is -2.60. The minimum absolute atomic E-state index is 0.0865. The molecule has 1 amide bonds. The summed E-state index contributed by atoms with van der Waals surface area (Å²) < 4.78 is 5.21. The minimum Gasteiger partial charge on any atom is -0.497 e. The highest BCUT2D eigenvalue weighted by molar-refractivity contribution is 8.15. The molecule has 0 aromatic heterocycles. The van der Waals surface area contributed by atoms with Crippen molar-refractivity contribution in [2.24, 2.45) is 10.2 Å². The van der Waals surface area contributed by atoms with Crippen LogP contribution >= 0.6 is 11.8 Å². The lowest BCUT2D eigenvalue weighted by Gasteiger charge is -2.16. The van der Waals surface area contributed by atoms with Crippen molar-refractivity contribution in [3.8, 4) is 5.75 Å². The second-order valence-corrected chi connectivity index (χ2v) is 7.88. The van der Waals surface area contributed by atoms with E-state index in [1.165, 1.54) is 17.3 Å². The van der Waals surface area contributed by atoms with E-state index >= 15 is 0 Å². The summed E-state index contributed by atoms with van der Waals surface area (Å²) in [5, 5.41) is 9.16. The Morgan fingerprint density at radius 3 is 2.50 bits per heavy atom. The van der Waals surface area contributed by atoms with Crippen LogP contribution in [-0.2, 0) is 11.3 Å². The summed E-state index contributed by atoms with van der Waals surface area (Å²) in [6, 6.07) is 15.8. The topological polar surface area (TPSA) is 54.3 Å². The van der Waals surface area contributed by atoms with Crippen LogP contribution in [0.3, 0.4) is 0 Å². The molecule has 2 aromatic carbocycles. The van der Waals surface area contributed by atoms with E-state index in [4.69, 9.17) is 4.74 Å². The Labute approximate surface area is 170 Å². The second kappa shape index (κ2) is 9.55. The van der Waals surface area contributed by atoms with E-state index in [0.29, 0.717) is 11.7 Å². The molecule has 1 heterocycles. The summed E-state index contributed by atoms with van der Waals surface area (Å²) in [6.45, 7) is 4.62. The summed E-state index contributed by atoms with van der Waals surface area (Å²) in [5.74, 6) is 0.901. The van der Waals surface area contributed by atoms with Gasteiger partial charge in [0.1, 0.15) is 5.75 Å². The standard InChI is InChI=1S/C22H25N3O2S/c1-4-5-20-21(26)25(15-18-10-12-19(27-3)13-11-18)22(28-20)24-23-14-17-8-6-16(2)7-9-17/h6-14,20H,4-5,15H2,1-3H3/b23-14+,24-22-. The SMILES string of the molecule is CCCC1S/C(=N\N=C\c2ccc(C)cc2)N(Cc2ccc(OC)cc2)C1=O. The monoisotopic (exact) mass is 395 g/mol. The number of methoxy groups -OCH3 is 1. The zero-order chi connectivity index (χ0) is 19.9. The molecule has 1 atom stereocenters. The molecular weight excluding hydrogens is 370 g/mol. The Kier molecular flexibility index (Phi) is 6.87. The normalized spacial score (nSPS) is 18.4. The van der Waals surface area contributed by atoms with Crippen LogP contribution in [0, 0.1) is 6.92 Å². The van der Waals surface area contributed by atoms with Crippen LogP contribution in [0.4, 0.5) is 0 Å². The molecule has 3 rings (SSSR count). The van der Waals surface area contributed by atoms with Crippen LogP contribution in [0.15, 0.2) is 58.7 Å². The summed E-state index contributed by atoms with van der Waals surface area (Å²) in [7, 11) is 1.64. The Morgan fingerprint density at radius 2 is 1.86 bits per heavy atom. The predicted octanol–water partition coefficient (Wildman–Crippen LogP) is 4.64. The highest BCUT2D eigenvalue weighted by Gasteiger charge is 2.37. The summed E-state index contributed by atoms with van der Waals surface area (Å²) >= 11 is 1.50. The number of aryl methyl sites for hydroxylation is 1. The van der Waals surface area contributed by atoms with Crippen LogP contribution in [0.1, 0.15) is 36.5 Å². The van der Waals surface area contributed by atoms with Gasteiger partial charge in [0.25, 0.3) is 0 Å². The molecule has 0 N–H and O–H groups in total. The molecule has 0 radical (unpaired) electrons. The van der Waals surface area contributed by atoms with Crippen LogP contribution < -0.4 is 4.74 Å². The van der Waals surface area contributed by atoms with Crippen molar-refractivity contribution < 1.29 is 9.53 Å². The van der Waals surface area contributed by atoms with Gasteiger partial charge in [-0.2, -0.15) is 5.10 Å². The number of nitrogens with zero attached hydrogens (tertiary/aromatic N) is 3. The van der Waals surface area contributed by atoms with Crippen molar-refractivity contribution in [3.05, 3.63) is 65.2 Å². The summed E-state index contributed by atoms with van der Waals surface area (Å²) in [6.07, 6.45) is 3.51. The fraction of sp³-hybridized carbons (Fsp3) is 0.318. The maximum absolute atomic E-state index is 12.9. The summed E-state index contributed by atoms with van der Waals surface area (Å²) in [4.78, 5) is 14.6. The number of carbonyl (C=O) groups is 1. The Morgan fingerprint density at radius 1 is 1.14 bits per heavy atom. The largest absolute Gasteiger partial charge is 0.497 e. The van der Waals surface area contributed by atoms with E-state index in [0.717, 1.165) is 29.7 Å². The molecule has 1 saturated heterocycles. The van der Waals surface area contributed by atoms with Crippen molar-refractivity contribution in [2.75, 3.05) is 7.11 Å². The van der Waals surface area contributed by atoms with Gasteiger partial charge in [-0.05, 0) is 36.6 Å². The zero-order valence-corrected chi connectivity index (χ0v) is 17.3. The van der Waals surface area contributed by atoms with Gasteiger partial charge in [-0.3, -0.25) is 9.69 Å². The average Bonchev–Trinajstić information content (AvgIpc) is 2.99. The number of amidine groups is 1. The second-order valence-electron chi connectivity index (χ2n) is 6.71. The molecule has 0 saturated carbocycles. The Bertz CT molecular complexity index is 860. The number of ether oxygens (including phenoxy) is 1. The fourth-order valence-electron chi connectivity index (χ4n) is 2.89. The van der Waals surface area contributed by atoms with E-state index in [1.807, 2.05) is 55.5 Å². The molecular formula is C22H25N3O2S. The lowest BCUT2D eigenvalue weighted by atomic mass is 10.2. The molecule has 28 heavy (non-hydrogen) atoms. The van der Waals surface area contributed by atoms with Crippen molar-refractivity contribution in [2.45, 2.75) is 38.5 Å².